The Morgan fingerprint density at radius 3 is 2.70 bits per heavy atom. The van der Waals surface area contributed by atoms with E-state index in [0.29, 0.717) is 13.0 Å². The van der Waals surface area contributed by atoms with E-state index >= 15 is 0 Å². The molecule has 0 saturated carbocycles. The van der Waals surface area contributed by atoms with E-state index in [1.807, 2.05) is 6.92 Å². The summed E-state index contributed by atoms with van der Waals surface area (Å²) in [4.78, 5) is 3.83. The first-order valence-electron chi connectivity index (χ1n) is 6.20. The highest BCUT2D eigenvalue weighted by Gasteiger charge is 2.24. The third-order valence-corrected chi connectivity index (χ3v) is 4.85. The molecule has 114 valence electrons. The average molecular weight is 323 g/mol. The minimum absolute atomic E-state index is 0.0222. The fraction of sp³-hybridized carbons (Fsp3) is 0.545. The summed E-state index contributed by atoms with van der Waals surface area (Å²) in [6, 6.07) is 1.29. The first-order valence-corrected chi connectivity index (χ1v) is 8.02. The lowest BCUT2D eigenvalue weighted by atomic mass is 10.3. The van der Waals surface area contributed by atoms with Crippen molar-refractivity contribution < 1.29 is 13.5 Å². The van der Waals surface area contributed by atoms with Crippen molar-refractivity contribution >= 4 is 27.4 Å². The van der Waals surface area contributed by atoms with Crippen LogP contribution in [0.5, 0.6) is 0 Å². The second-order valence-electron chi connectivity index (χ2n) is 4.13. The number of nitrogen functional groups attached to an aromatic ring is 1. The van der Waals surface area contributed by atoms with Crippen LogP contribution in [-0.4, -0.2) is 42.5 Å². The molecule has 0 atom stereocenters. The van der Waals surface area contributed by atoms with Gasteiger partial charge in [0.15, 0.2) is 5.82 Å². The molecular weight excluding hydrogens is 304 g/mol. The number of halogens is 1. The lowest BCUT2D eigenvalue weighted by Crippen LogP contribution is -2.34. The van der Waals surface area contributed by atoms with Gasteiger partial charge in [-0.3, -0.25) is 0 Å². The van der Waals surface area contributed by atoms with Gasteiger partial charge < -0.3 is 10.5 Å². The van der Waals surface area contributed by atoms with Gasteiger partial charge in [0, 0.05) is 19.3 Å². The van der Waals surface area contributed by atoms with E-state index in [1.165, 1.54) is 16.6 Å². The fourth-order valence-corrected chi connectivity index (χ4v) is 3.34. The molecule has 0 spiro atoms. The zero-order valence-corrected chi connectivity index (χ0v) is 12.8. The lowest BCUT2D eigenvalue weighted by molar-refractivity contribution is 0.252. The lowest BCUT2D eigenvalue weighted by Gasteiger charge is -2.21. The highest BCUT2D eigenvalue weighted by molar-refractivity contribution is 7.89. The Balaban J connectivity index is 3.08. The van der Waals surface area contributed by atoms with Gasteiger partial charge in [-0.1, -0.05) is 24.9 Å². The van der Waals surface area contributed by atoms with Crippen molar-refractivity contribution in [2.24, 2.45) is 5.84 Å². The van der Waals surface area contributed by atoms with Gasteiger partial charge in [0.05, 0.1) is 11.6 Å². The number of unbranched alkanes of at least 4 members (excludes halogenated alkanes) is 1. The molecule has 1 rings (SSSR count). The molecule has 4 N–H and O–H groups in total. The summed E-state index contributed by atoms with van der Waals surface area (Å²) in [5, 5.41) is 9.13. The summed E-state index contributed by atoms with van der Waals surface area (Å²) in [5.74, 6) is 5.39. The van der Waals surface area contributed by atoms with Crippen LogP contribution in [-0.2, 0) is 10.0 Å². The minimum atomic E-state index is -3.73. The zero-order valence-electron chi connectivity index (χ0n) is 11.2. The van der Waals surface area contributed by atoms with Crippen LogP contribution in [0.15, 0.2) is 17.2 Å². The quantitative estimate of drug-likeness (QED) is 0.482. The topological polar surface area (TPSA) is 109 Å². The maximum absolute atomic E-state index is 12.4. The van der Waals surface area contributed by atoms with E-state index in [1.54, 1.807) is 0 Å². The second-order valence-corrected chi connectivity index (χ2v) is 6.47. The predicted molar refractivity (Wildman–Crippen MR) is 77.8 cm³/mol. The number of nitrogens with two attached hydrogens (primary N) is 1. The van der Waals surface area contributed by atoms with Gasteiger partial charge in [-0.2, -0.15) is 4.31 Å². The summed E-state index contributed by atoms with van der Waals surface area (Å²) < 4.78 is 26.1. The van der Waals surface area contributed by atoms with Crippen LogP contribution in [0, 0.1) is 0 Å². The summed E-state index contributed by atoms with van der Waals surface area (Å²) >= 11 is 5.88. The van der Waals surface area contributed by atoms with Gasteiger partial charge in [-0.25, -0.2) is 19.2 Å². The number of aliphatic hydroxyl groups is 1. The number of anilines is 1. The number of hydrogen-bond acceptors (Lipinski definition) is 6. The van der Waals surface area contributed by atoms with Gasteiger partial charge in [0.1, 0.15) is 4.90 Å². The molecule has 20 heavy (non-hydrogen) atoms. The van der Waals surface area contributed by atoms with Crippen LogP contribution in [0.2, 0.25) is 5.02 Å². The number of hydrazine groups is 1. The Bertz CT molecular complexity index is 538. The highest BCUT2D eigenvalue weighted by atomic mass is 35.5. The van der Waals surface area contributed by atoms with Crippen molar-refractivity contribution in [1.82, 2.24) is 9.29 Å². The third-order valence-electron chi connectivity index (χ3n) is 2.70. The maximum Gasteiger partial charge on any atom is 0.244 e. The number of nitrogens with one attached hydrogen (secondary N) is 1. The summed E-state index contributed by atoms with van der Waals surface area (Å²) in [7, 11) is -3.73. The van der Waals surface area contributed by atoms with E-state index in [0.717, 1.165) is 6.42 Å². The number of nitrogens with zero attached hydrogens (tertiary/aromatic N) is 2. The molecule has 0 radical (unpaired) electrons. The van der Waals surface area contributed by atoms with Crippen LogP contribution < -0.4 is 11.3 Å². The van der Waals surface area contributed by atoms with E-state index in [2.05, 4.69) is 10.4 Å². The van der Waals surface area contributed by atoms with Crippen LogP contribution >= 0.6 is 11.6 Å². The van der Waals surface area contributed by atoms with Gasteiger partial charge in [-0.15, -0.1) is 0 Å². The molecule has 0 unspecified atom stereocenters. The minimum Gasteiger partial charge on any atom is -0.395 e. The molecule has 1 aromatic rings. The van der Waals surface area contributed by atoms with E-state index < -0.39 is 10.0 Å². The van der Waals surface area contributed by atoms with Crippen molar-refractivity contribution in [1.29, 1.82) is 0 Å². The number of rotatable bonds is 8. The Hall–Kier alpha value is -0.930. The first-order chi connectivity index (χ1) is 9.47. The summed E-state index contributed by atoms with van der Waals surface area (Å²) in [6.07, 6.45) is 2.75. The van der Waals surface area contributed by atoms with Crippen LogP contribution in [0.3, 0.4) is 0 Å². The smallest absolute Gasteiger partial charge is 0.244 e. The second kappa shape index (κ2) is 7.75. The van der Waals surface area contributed by atoms with Gasteiger partial charge >= 0.3 is 0 Å². The molecule has 0 aliphatic heterocycles. The Morgan fingerprint density at radius 1 is 1.50 bits per heavy atom. The van der Waals surface area contributed by atoms with E-state index in [4.69, 9.17) is 22.6 Å². The van der Waals surface area contributed by atoms with Crippen molar-refractivity contribution in [3.63, 3.8) is 0 Å². The average Bonchev–Trinajstić information content (AvgIpc) is 2.43. The van der Waals surface area contributed by atoms with Crippen LogP contribution in [0.1, 0.15) is 19.8 Å². The maximum atomic E-state index is 12.4. The van der Waals surface area contributed by atoms with Gasteiger partial charge in [0.2, 0.25) is 10.0 Å². The summed E-state index contributed by atoms with van der Waals surface area (Å²) in [6.45, 7) is 2.10. The standard InChI is InChI=1S/C11H19ClN4O3S/c1-2-3-4-16(5-6-17)20(18,19)9-7-10(12)11(15-13)14-8-9/h7-8,17H,2-6,13H2,1H3,(H,14,15). The Morgan fingerprint density at radius 2 is 2.20 bits per heavy atom. The largest absolute Gasteiger partial charge is 0.395 e. The Kier molecular flexibility index (Phi) is 6.63. The third kappa shape index (κ3) is 4.03. The number of hydrogen-bond donors (Lipinski definition) is 3. The molecular formula is C11H19ClN4O3S. The highest BCUT2D eigenvalue weighted by Crippen LogP contribution is 2.24. The number of aromatic nitrogens is 1. The number of pyridine rings is 1. The zero-order chi connectivity index (χ0) is 15.2. The van der Waals surface area contributed by atoms with Crippen molar-refractivity contribution in [3.8, 4) is 0 Å². The molecule has 0 bridgehead atoms. The molecule has 0 fully saturated rings. The molecule has 7 nitrogen and oxygen atoms in total. The van der Waals surface area contributed by atoms with Gasteiger partial charge in [0.25, 0.3) is 0 Å². The molecule has 0 aliphatic carbocycles. The first kappa shape index (κ1) is 17.1. The molecule has 0 aliphatic rings. The molecule has 0 aromatic carbocycles. The van der Waals surface area contributed by atoms with Crippen molar-refractivity contribution in [3.05, 3.63) is 17.3 Å². The molecule has 1 heterocycles. The van der Waals surface area contributed by atoms with Crippen molar-refractivity contribution in [2.45, 2.75) is 24.7 Å². The summed E-state index contributed by atoms with van der Waals surface area (Å²) in [5.41, 5.74) is 2.27. The van der Waals surface area contributed by atoms with E-state index in [-0.39, 0.29) is 28.9 Å². The molecule has 9 heteroatoms. The molecule has 0 saturated heterocycles. The normalized spacial score (nSPS) is 11.8. The van der Waals surface area contributed by atoms with Gasteiger partial charge in [-0.05, 0) is 12.5 Å². The predicted octanol–water partition coefficient (Wildman–Crippen LogP) is 0.804. The monoisotopic (exact) mass is 322 g/mol. The molecule has 0 amide bonds. The number of sulfonamides is 1. The SMILES string of the molecule is CCCCN(CCO)S(=O)(=O)c1cnc(NN)c(Cl)c1. The number of aliphatic hydroxyl groups excluding tert-OH is 1. The van der Waals surface area contributed by atoms with Crippen LogP contribution in [0.4, 0.5) is 5.82 Å². The molecule has 1 aromatic heterocycles. The van der Waals surface area contributed by atoms with Crippen LogP contribution in [0.25, 0.3) is 0 Å². The van der Waals surface area contributed by atoms with E-state index in [9.17, 15) is 8.42 Å². The fourth-order valence-electron chi connectivity index (χ4n) is 1.61. The van der Waals surface area contributed by atoms with Crippen molar-refractivity contribution in [2.75, 3.05) is 25.1 Å². The Labute approximate surface area is 123 Å².